The van der Waals surface area contributed by atoms with Gasteiger partial charge >= 0.3 is 0 Å². The van der Waals surface area contributed by atoms with Crippen molar-refractivity contribution >= 4 is 55.8 Å². The quantitative estimate of drug-likeness (QED) is 0.378. The number of rotatable bonds is 9. The van der Waals surface area contributed by atoms with Crippen LogP contribution in [0, 0.1) is 13.8 Å². The molecule has 1 aromatic heterocycles. The molecule has 1 amide bonds. The van der Waals surface area contributed by atoms with E-state index in [-0.39, 0.29) is 12.5 Å². The summed E-state index contributed by atoms with van der Waals surface area (Å²) >= 11 is 13.7. The van der Waals surface area contributed by atoms with E-state index in [1.165, 1.54) is 16.9 Å². The molecule has 1 heterocycles. The van der Waals surface area contributed by atoms with Crippen LogP contribution in [0.15, 0.2) is 30.3 Å². The number of hydrogen-bond donors (Lipinski definition) is 0. The van der Waals surface area contributed by atoms with E-state index in [1.807, 2.05) is 0 Å². The van der Waals surface area contributed by atoms with Crippen LogP contribution in [0.3, 0.4) is 0 Å². The SMILES string of the molecule is CCN(CC)CCN(C(=O)COc1ccc(Cl)cc1Cl)c1nc2cc(C)cc(C)c2s1. The minimum absolute atomic E-state index is 0.131. The number of aryl methyl sites for hydroxylation is 2. The summed E-state index contributed by atoms with van der Waals surface area (Å²) in [4.78, 5) is 22.0. The highest BCUT2D eigenvalue weighted by Crippen LogP contribution is 2.32. The molecule has 0 aliphatic rings. The number of anilines is 1. The summed E-state index contributed by atoms with van der Waals surface area (Å²) in [6.45, 7) is 11.4. The number of carbonyl (C=O) groups is 1. The Morgan fingerprint density at radius 3 is 2.52 bits per heavy atom. The van der Waals surface area contributed by atoms with E-state index in [4.69, 9.17) is 32.9 Å². The molecule has 8 heteroatoms. The van der Waals surface area contributed by atoms with E-state index in [9.17, 15) is 4.79 Å². The number of halogens is 2. The van der Waals surface area contributed by atoms with Crippen LogP contribution in [-0.2, 0) is 4.79 Å². The molecule has 0 fully saturated rings. The minimum Gasteiger partial charge on any atom is -0.482 e. The molecule has 0 atom stereocenters. The molecule has 0 bridgehead atoms. The Labute approximate surface area is 197 Å². The van der Waals surface area contributed by atoms with E-state index in [1.54, 1.807) is 23.1 Å². The first kappa shape index (κ1) is 23.8. The lowest BCUT2D eigenvalue weighted by Gasteiger charge is -2.24. The molecule has 0 saturated carbocycles. The van der Waals surface area contributed by atoms with Gasteiger partial charge in [-0.25, -0.2) is 4.98 Å². The van der Waals surface area contributed by atoms with Crippen molar-refractivity contribution in [2.75, 3.05) is 37.7 Å². The normalized spacial score (nSPS) is 11.3. The summed E-state index contributed by atoms with van der Waals surface area (Å²) in [5, 5.41) is 1.58. The number of hydrogen-bond acceptors (Lipinski definition) is 5. The predicted molar refractivity (Wildman–Crippen MR) is 131 cm³/mol. The van der Waals surface area contributed by atoms with E-state index in [0.717, 1.165) is 35.4 Å². The number of nitrogens with zero attached hydrogens (tertiary/aromatic N) is 3. The van der Waals surface area contributed by atoms with Gasteiger partial charge in [0.1, 0.15) is 5.75 Å². The second-order valence-corrected chi connectivity index (χ2v) is 9.18. The zero-order valence-electron chi connectivity index (χ0n) is 18.2. The van der Waals surface area contributed by atoms with Gasteiger partial charge < -0.3 is 9.64 Å². The molecule has 0 spiro atoms. The lowest BCUT2D eigenvalue weighted by Crippen LogP contribution is -2.41. The van der Waals surface area contributed by atoms with Crippen LogP contribution in [0.2, 0.25) is 10.0 Å². The van der Waals surface area contributed by atoms with Crippen LogP contribution >= 0.6 is 34.5 Å². The fourth-order valence-electron chi connectivity index (χ4n) is 3.40. The smallest absolute Gasteiger partial charge is 0.266 e. The van der Waals surface area contributed by atoms with E-state index >= 15 is 0 Å². The molecule has 0 aliphatic heterocycles. The Bertz CT molecular complexity index is 1070. The third kappa shape index (κ3) is 5.89. The summed E-state index contributed by atoms with van der Waals surface area (Å²) in [7, 11) is 0. The van der Waals surface area contributed by atoms with Gasteiger partial charge in [0.05, 0.1) is 15.2 Å². The second-order valence-electron chi connectivity index (χ2n) is 7.36. The van der Waals surface area contributed by atoms with Crippen molar-refractivity contribution in [3.05, 3.63) is 51.5 Å². The van der Waals surface area contributed by atoms with Crippen molar-refractivity contribution < 1.29 is 9.53 Å². The minimum atomic E-state index is -0.161. The summed E-state index contributed by atoms with van der Waals surface area (Å²) < 4.78 is 6.81. The number of aromatic nitrogens is 1. The van der Waals surface area contributed by atoms with Crippen molar-refractivity contribution in [3.8, 4) is 5.75 Å². The highest BCUT2D eigenvalue weighted by molar-refractivity contribution is 7.22. The van der Waals surface area contributed by atoms with Crippen molar-refractivity contribution in [3.63, 3.8) is 0 Å². The van der Waals surface area contributed by atoms with Crippen molar-refractivity contribution in [1.82, 2.24) is 9.88 Å². The standard InChI is InChI=1S/C23H27Cl2N3O2S/c1-5-27(6-2)9-10-28(21(29)14-30-20-8-7-17(24)13-18(20)25)23-26-19-12-15(3)11-16(4)22(19)31-23/h7-8,11-13H,5-6,9-10,14H2,1-4H3. The Morgan fingerprint density at radius 1 is 1.10 bits per heavy atom. The lowest BCUT2D eigenvalue weighted by molar-refractivity contribution is -0.120. The maximum atomic E-state index is 13.2. The first-order valence-corrected chi connectivity index (χ1v) is 11.9. The number of ether oxygens (including phenoxy) is 1. The molecule has 0 unspecified atom stereocenters. The van der Waals surface area contributed by atoms with Crippen LogP contribution in [0.25, 0.3) is 10.2 Å². The largest absolute Gasteiger partial charge is 0.482 e. The average molecular weight is 480 g/mol. The number of likely N-dealkylation sites (N-methyl/N-ethyl adjacent to an activating group) is 1. The average Bonchev–Trinajstić information content (AvgIpc) is 3.14. The van der Waals surface area contributed by atoms with Gasteiger partial charge in [0.15, 0.2) is 11.7 Å². The number of carbonyl (C=O) groups excluding carboxylic acids is 1. The van der Waals surface area contributed by atoms with Gasteiger partial charge in [0, 0.05) is 18.1 Å². The zero-order chi connectivity index (χ0) is 22.5. The van der Waals surface area contributed by atoms with Gasteiger partial charge in [-0.2, -0.15) is 0 Å². The molecular formula is C23H27Cl2N3O2S. The summed E-state index contributed by atoms with van der Waals surface area (Å²) in [6.07, 6.45) is 0. The number of benzene rings is 2. The monoisotopic (exact) mass is 479 g/mol. The molecule has 0 aliphatic carbocycles. The fraction of sp³-hybridized carbons (Fsp3) is 0.391. The topological polar surface area (TPSA) is 45.7 Å². The highest BCUT2D eigenvalue weighted by atomic mass is 35.5. The van der Waals surface area contributed by atoms with Crippen molar-refractivity contribution in [2.45, 2.75) is 27.7 Å². The molecule has 31 heavy (non-hydrogen) atoms. The maximum Gasteiger partial charge on any atom is 0.266 e. The Hall–Kier alpha value is -1.86. The number of fused-ring (bicyclic) bond motifs is 1. The Balaban J connectivity index is 1.84. The van der Waals surface area contributed by atoms with Crippen LogP contribution in [0.4, 0.5) is 5.13 Å². The van der Waals surface area contributed by atoms with E-state index in [0.29, 0.717) is 27.5 Å². The Kier molecular flexibility index (Phi) is 8.17. The molecular weight excluding hydrogens is 453 g/mol. The molecule has 0 saturated heterocycles. The van der Waals surface area contributed by atoms with E-state index < -0.39 is 0 Å². The molecule has 2 aromatic carbocycles. The van der Waals surface area contributed by atoms with Gasteiger partial charge in [0.25, 0.3) is 5.91 Å². The highest BCUT2D eigenvalue weighted by Gasteiger charge is 2.22. The summed E-state index contributed by atoms with van der Waals surface area (Å²) in [5.41, 5.74) is 3.24. The van der Waals surface area contributed by atoms with Crippen LogP contribution in [0.1, 0.15) is 25.0 Å². The fourth-order valence-corrected chi connectivity index (χ4v) is 4.92. The van der Waals surface area contributed by atoms with Crippen LogP contribution in [-0.4, -0.2) is 48.6 Å². The lowest BCUT2D eigenvalue weighted by atomic mass is 10.1. The van der Waals surface area contributed by atoms with Gasteiger partial charge in [-0.3, -0.25) is 9.69 Å². The molecule has 3 rings (SSSR count). The molecule has 0 N–H and O–H groups in total. The van der Waals surface area contributed by atoms with Gasteiger partial charge in [-0.15, -0.1) is 0 Å². The predicted octanol–water partition coefficient (Wildman–Crippen LogP) is 5.97. The molecule has 3 aromatic rings. The number of amides is 1. The Morgan fingerprint density at radius 2 is 1.84 bits per heavy atom. The van der Waals surface area contributed by atoms with Crippen molar-refractivity contribution in [2.24, 2.45) is 0 Å². The third-order valence-corrected chi connectivity index (χ3v) is 6.88. The molecule has 0 radical (unpaired) electrons. The molecule has 5 nitrogen and oxygen atoms in total. The first-order chi connectivity index (χ1) is 14.8. The summed E-state index contributed by atoms with van der Waals surface area (Å²) in [6, 6.07) is 9.14. The van der Waals surface area contributed by atoms with Crippen LogP contribution < -0.4 is 9.64 Å². The van der Waals surface area contributed by atoms with Crippen LogP contribution in [0.5, 0.6) is 5.75 Å². The first-order valence-electron chi connectivity index (χ1n) is 10.3. The van der Waals surface area contributed by atoms with Gasteiger partial charge in [-0.05, 0) is 62.3 Å². The maximum absolute atomic E-state index is 13.2. The number of thiazole rings is 1. The summed E-state index contributed by atoms with van der Waals surface area (Å²) in [5.74, 6) is 0.269. The van der Waals surface area contributed by atoms with Crippen molar-refractivity contribution in [1.29, 1.82) is 0 Å². The third-order valence-electron chi connectivity index (χ3n) is 5.12. The van der Waals surface area contributed by atoms with E-state index in [2.05, 4.69) is 44.7 Å². The van der Waals surface area contributed by atoms with Gasteiger partial charge in [-0.1, -0.05) is 54.5 Å². The molecule has 166 valence electrons. The van der Waals surface area contributed by atoms with Gasteiger partial charge in [0.2, 0.25) is 0 Å². The second kappa shape index (κ2) is 10.6. The zero-order valence-corrected chi connectivity index (χ0v) is 20.6.